The van der Waals surface area contributed by atoms with Crippen LogP contribution in [0.4, 0.5) is 13.2 Å². The van der Waals surface area contributed by atoms with Gasteiger partial charge in [-0.1, -0.05) is 23.9 Å². The first kappa shape index (κ1) is 19.1. The van der Waals surface area contributed by atoms with Gasteiger partial charge in [-0.15, -0.1) is 10.2 Å². The molecule has 0 aliphatic carbocycles. The molecule has 0 unspecified atom stereocenters. The van der Waals surface area contributed by atoms with Gasteiger partial charge in [0.2, 0.25) is 5.91 Å². The van der Waals surface area contributed by atoms with Gasteiger partial charge in [0.05, 0.1) is 5.75 Å². The highest BCUT2D eigenvalue weighted by Crippen LogP contribution is 2.21. The van der Waals surface area contributed by atoms with Gasteiger partial charge in [-0.3, -0.25) is 4.79 Å². The average molecular weight is 375 g/mol. The zero-order valence-corrected chi connectivity index (χ0v) is 14.3. The van der Waals surface area contributed by atoms with Crippen molar-refractivity contribution < 1.29 is 27.1 Å². The Morgan fingerprint density at radius 1 is 1.32 bits per heavy atom. The van der Waals surface area contributed by atoms with E-state index in [-0.39, 0.29) is 23.5 Å². The Labute approximate surface area is 146 Å². The van der Waals surface area contributed by atoms with E-state index < -0.39 is 18.6 Å². The summed E-state index contributed by atoms with van der Waals surface area (Å²) in [7, 11) is 0. The van der Waals surface area contributed by atoms with Crippen LogP contribution in [0, 0.1) is 13.8 Å². The fourth-order valence-electron chi connectivity index (χ4n) is 1.73. The lowest BCUT2D eigenvalue weighted by Gasteiger charge is -2.07. The number of hydrogen-bond acceptors (Lipinski definition) is 6. The Morgan fingerprint density at radius 2 is 2.08 bits per heavy atom. The normalized spacial score (nSPS) is 11.4. The zero-order valence-electron chi connectivity index (χ0n) is 13.5. The third-order valence-electron chi connectivity index (χ3n) is 2.96. The Hall–Kier alpha value is -2.23. The van der Waals surface area contributed by atoms with Crippen LogP contribution in [0.25, 0.3) is 0 Å². The van der Waals surface area contributed by atoms with Crippen LogP contribution in [0.1, 0.15) is 17.0 Å². The fraction of sp³-hybridized carbons (Fsp3) is 0.400. The van der Waals surface area contributed by atoms with Crippen LogP contribution in [0.15, 0.2) is 27.8 Å². The van der Waals surface area contributed by atoms with Gasteiger partial charge in [0.25, 0.3) is 11.1 Å². The van der Waals surface area contributed by atoms with Crippen molar-refractivity contribution in [1.29, 1.82) is 0 Å². The van der Waals surface area contributed by atoms with E-state index >= 15 is 0 Å². The molecule has 1 amide bonds. The number of alkyl halides is 3. The number of halogens is 3. The lowest BCUT2D eigenvalue weighted by Crippen LogP contribution is -2.34. The highest BCUT2D eigenvalue weighted by Gasteiger charge is 2.27. The molecule has 1 aromatic heterocycles. The summed E-state index contributed by atoms with van der Waals surface area (Å²) in [5, 5.41) is 9.33. The second-order valence-electron chi connectivity index (χ2n) is 5.20. The minimum Gasteiger partial charge on any atom is -0.484 e. The van der Waals surface area contributed by atoms with Crippen LogP contribution in [0.2, 0.25) is 0 Å². The molecule has 1 aromatic carbocycles. The Kier molecular flexibility index (Phi) is 6.29. The van der Waals surface area contributed by atoms with E-state index in [2.05, 4.69) is 10.2 Å². The number of benzene rings is 1. The third-order valence-corrected chi connectivity index (χ3v) is 3.77. The Balaban J connectivity index is 1.80. The first-order valence-corrected chi connectivity index (χ1v) is 8.20. The predicted molar refractivity (Wildman–Crippen MR) is 84.3 cm³/mol. The molecule has 6 nitrogen and oxygen atoms in total. The van der Waals surface area contributed by atoms with Gasteiger partial charge < -0.3 is 14.5 Å². The smallest absolute Gasteiger partial charge is 0.405 e. The van der Waals surface area contributed by atoms with Gasteiger partial charge in [-0.2, -0.15) is 13.2 Å². The summed E-state index contributed by atoms with van der Waals surface area (Å²) in [5.41, 5.74) is 2.01. The number of amides is 1. The molecular weight excluding hydrogens is 359 g/mol. The number of rotatable bonds is 7. The first-order chi connectivity index (χ1) is 11.7. The summed E-state index contributed by atoms with van der Waals surface area (Å²) < 4.78 is 46.8. The van der Waals surface area contributed by atoms with Crippen molar-refractivity contribution in [2.45, 2.75) is 31.9 Å². The maximum atomic E-state index is 12.0. The van der Waals surface area contributed by atoms with E-state index in [0.717, 1.165) is 22.9 Å². The van der Waals surface area contributed by atoms with E-state index in [4.69, 9.17) is 9.15 Å². The Morgan fingerprint density at radius 3 is 2.80 bits per heavy atom. The molecule has 1 heterocycles. The van der Waals surface area contributed by atoms with Crippen molar-refractivity contribution in [3.63, 3.8) is 0 Å². The number of carbonyl (C=O) groups is 1. The molecule has 0 fully saturated rings. The van der Waals surface area contributed by atoms with E-state index in [0.29, 0.717) is 5.75 Å². The van der Waals surface area contributed by atoms with E-state index in [9.17, 15) is 18.0 Å². The monoisotopic (exact) mass is 375 g/mol. The molecule has 2 rings (SSSR count). The number of ether oxygens (including phenoxy) is 1. The van der Waals surface area contributed by atoms with Gasteiger partial charge >= 0.3 is 6.18 Å². The van der Waals surface area contributed by atoms with Crippen molar-refractivity contribution in [2.24, 2.45) is 0 Å². The molecule has 0 saturated heterocycles. The lowest BCUT2D eigenvalue weighted by molar-refractivity contribution is -0.136. The molecule has 0 atom stereocenters. The third kappa shape index (κ3) is 6.65. The number of nitrogens with zero attached hydrogens (tertiary/aromatic N) is 2. The van der Waals surface area contributed by atoms with Crippen LogP contribution in [0.3, 0.4) is 0 Å². The average Bonchev–Trinajstić information content (AvgIpc) is 2.99. The molecule has 2 aromatic rings. The quantitative estimate of drug-likeness (QED) is 0.750. The largest absolute Gasteiger partial charge is 0.484 e. The summed E-state index contributed by atoms with van der Waals surface area (Å²) in [6.45, 7) is 2.53. The highest BCUT2D eigenvalue weighted by atomic mass is 32.2. The number of hydrogen-bond donors (Lipinski definition) is 1. The lowest BCUT2D eigenvalue weighted by atomic mass is 10.1. The van der Waals surface area contributed by atoms with Crippen molar-refractivity contribution in [1.82, 2.24) is 15.5 Å². The molecule has 0 spiro atoms. The number of aromatic nitrogens is 2. The minimum absolute atomic E-state index is 0.0537. The Bertz CT molecular complexity index is 734. The van der Waals surface area contributed by atoms with Crippen molar-refractivity contribution >= 4 is 17.7 Å². The number of thioether (sulfide) groups is 1. The zero-order chi connectivity index (χ0) is 18.4. The molecule has 0 radical (unpaired) electrons. The van der Waals surface area contributed by atoms with Crippen LogP contribution in [-0.2, 0) is 11.4 Å². The fourth-order valence-corrected chi connectivity index (χ4v) is 2.34. The van der Waals surface area contributed by atoms with E-state index in [1.54, 1.807) is 5.32 Å². The van der Waals surface area contributed by atoms with Gasteiger partial charge in [0.1, 0.15) is 12.3 Å². The number of nitrogens with one attached hydrogen (secondary N) is 1. The molecule has 1 N–H and O–H groups in total. The van der Waals surface area contributed by atoms with Gasteiger partial charge in [-0.05, 0) is 31.0 Å². The summed E-state index contributed by atoms with van der Waals surface area (Å²) in [6.07, 6.45) is -4.44. The standard InChI is InChI=1S/C15H16F3N3O3S/c1-9-3-4-10(2)11(5-9)23-6-13-20-21-14(24-13)25-7-12(22)19-8-15(16,17)18/h3-5H,6-8H2,1-2H3,(H,19,22). The van der Waals surface area contributed by atoms with Crippen molar-refractivity contribution in [3.8, 4) is 5.75 Å². The van der Waals surface area contributed by atoms with Crippen LogP contribution < -0.4 is 10.1 Å². The van der Waals surface area contributed by atoms with Crippen LogP contribution >= 0.6 is 11.8 Å². The minimum atomic E-state index is -4.44. The predicted octanol–water partition coefficient (Wildman–Crippen LogP) is 3.04. The molecule has 10 heteroatoms. The second kappa shape index (κ2) is 8.24. The van der Waals surface area contributed by atoms with Crippen molar-refractivity contribution in [3.05, 3.63) is 35.2 Å². The van der Waals surface area contributed by atoms with Crippen molar-refractivity contribution in [2.75, 3.05) is 12.3 Å². The summed E-state index contributed by atoms with van der Waals surface area (Å²) in [6, 6.07) is 5.78. The second-order valence-corrected chi connectivity index (χ2v) is 6.13. The van der Waals surface area contributed by atoms with Crippen LogP contribution in [0.5, 0.6) is 5.75 Å². The molecule has 0 bridgehead atoms. The topological polar surface area (TPSA) is 77.2 Å². The molecule has 0 saturated carbocycles. The maximum absolute atomic E-state index is 12.0. The van der Waals surface area contributed by atoms with Gasteiger partial charge in [-0.25, -0.2) is 0 Å². The number of aryl methyl sites for hydroxylation is 2. The molecular formula is C15H16F3N3O3S. The summed E-state index contributed by atoms with van der Waals surface area (Å²) in [4.78, 5) is 11.3. The van der Waals surface area contributed by atoms with Crippen LogP contribution in [-0.4, -0.2) is 34.6 Å². The summed E-state index contributed by atoms with van der Waals surface area (Å²) >= 11 is 0.852. The molecule has 25 heavy (non-hydrogen) atoms. The van der Waals surface area contributed by atoms with Gasteiger partial charge in [0.15, 0.2) is 6.61 Å². The molecule has 136 valence electrons. The van der Waals surface area contributed by atoms with Gasteiger partial charge in [0, 0.05) is 0 Å². The van der Waals surface area contributed by atoms with E-state index in [1.807, 2.05) is 32.0 Å². The summed E-state index contributed by atoms with van der Waals surface area (Å²) in [5.74, 6) is -0.123. The SMILES string of the molecule is Cc1ccc(C)c(OCc2nnc(SCC(=O)NCC(F)(F)F)o2)c1. The number of carbonyl (C=O) groups excluding carboxylic acids is 1. The molecule has 0 aliphatic heterocycles. The van der Waals surface area contributed by atoms with E-state index in [1.165, 1.54) is 0 Å². The highest BCUT2D eigenvalue weighted by molar-refractivity contribution is 7.99. The molecule has 0 aliphatic rings. The maximum Gasteiger partial charge on any atom is 0.405 e. The first-order valence-electron chi connectivity index (χ1n) is 7.21.